The highest BCUT2D eigenvalue weighted by molar-refractivity contribution is 7.88. The Morgan fingerprint density at radius 3 is 2.32 bits per heavy atom. The molecule has 9 heteroatoms. The molecule has 2 aliphatic heterocycles. The van der Waals surface area contributed by atoms with Gasteiger partial charge in [-0.3, -0.25) is 9.59 Å². The zero-order valence-corrected chi connectivity index (χ0v) is 19.4. The third kappa shape index (κ3) is 6.20. The van der Waals surface area contributed by atoms with Crippen LogP contribution in [0.15, 0.2) is 24.3 Å². The maximum Gasteiger partial charge on any atom is 0.260 e. The lowest BCUT2D eigenvalue weighted by Gasteiger charge is -2.38. The fourth-order valence-electron chi connectivity index (χ4n) is 4.47. The van der Waals surface area contributed by atoms with E-state index in [0.29, 0.717) is 30.8 Å². The number of piperidine rings is 2. The van der Waals surface area contributed by atoms with E-state index >= 15 is 0 Å². The van der Waals surface area contributed by atoms with Crippen molar-refractivity contribution in [3.8, 4) is 5.75 Å². The lowest BCUT2D eigenvalue weighted by Crippen LogP contribution is -2.49. The van der Waals surface area contributed by atoms with Crippen LogP contribution in [-0.2, 0) is 14.8 Å². The molecule has 8 nitrogen and oxygen atoms in total. The molecule has 0 bridgehead atoms. The van der Waals surface area contributed by atoms with Crippen LogP contribution in [0.3, 0.4) is 0 Å². The summed E-state index contributed by atoms with van der Waals surface area (Å²) in [7, 11) is -3.26. The van der Waals surface area contributed by atoms with E-state index in [1.165, 1.54) is 10.6 Å². The topological polar surface area (TPSA) is 96.0 Å². The molecule has 0 radical (unpaired) electrons. The third-order valence-electron chi connectivity index (χ3n) is 6.15. The molecule has 172 valence electrons. The average molecular weight is 452 g/mol. The molecule has 1 N–H and O–H groups in total. The molecule has 1 aromatic carbocycles. The lowest BCUT2D eigenvalue weighted by atomic mass is 9.97. The molecular weight excluding hydrogens is 418 g/mol. The van der Waals surface area contributed by atoms with Gasteiger partial charge in [-0.2, -0.15) is 0 Å². The van der Waals surface area contributed by atoms with Crippen molar-refractivity contribution >= 4 is 21.8 Å². The SMILES string of the molecule is CC1CCCC(C)N1C(=O)COc1ccc(C(=O)NC2CCCN(S(C)(=O)=O)C2)cc1. The van der Waals surface area contributed by atoms with Gasteiger partial charge in [-0.1, -0.05) is 0 Å². The van der Waals surface area contributed by atoms with Crippen molar-refractivity contribution in [3.05, 3.63) is 29.8 Å². The van der Waals surface area contributed by atoms with Gasteiger partial charge >= 0.3 is 0 Å². The lowest BCUT2D eigenvalue weighted by molar-refractivity contribution is -0.139. The Kier molecular flexibility index (Phi) is 7.59. The van der Waals surface area contributed by atoms with Crippen LogP contribution in [0.5, 0.6) is 5.75 Å². The summed E-state index contributed by atoms with van der Waals surface area (Å²) in [5.41, 5.74) is 0.466. The first-order chi connectivity index (χ1) is 14.6. The van der Waals surface area contributed by atoms with Crippen LogP contribution in [0, 0.1) is 0 Å². The van der Waals surface area contributed by atoms with Gasteiger partial charge in [-0.25, -0.2) is 12.7 Å². The molecule has 3 unspecified atom stereocenters. The normalized spacial score (nSPS) is 25.1. The van der Waals surface area contributed by atoms with Crippen molar-refractivity contribution in [1.82, 2.24) is 14.5 Å². The fourth-order valence-corrected chi connectivity index (χ4v) is 5.38. The summed E-state index contributed by atoms with van der Waals surface area (Å²) >= 11 is 0. The minimum Gasteiger partial charge on any atom is -0.484 e. The van der Waals surface area contributed by atoms with Gasteiger partial charge in [0.25, 0.3) is 11.8 Å². The van der Waals surface area contributed by atoms with Crippen LogP contribution in [0.1, 0.15) is 56.3 Å². The highest BCUT2D eigenvalue weighted by Gasteiger charge is 2.29. The van der Waals surface area contributed by atoms with Gasteiger partial charge in [0.05, 0.1) is 6.26 Å². The summed E-state index contributed by atoms with van der Waals surface area (Å²) in [5, 5.41) is 2.91. The zero-order chi connectivity index (χ0) is 22.6. The minimum atomic E-state index is -3.26. The van der Waals surface area contributed by atoms with Crippen LogP contribution in [-0.4, -0.2) is 73.5 Å². The van der Waals surface area contributed by atoms with Crippen molar-refractivity contribution in [2.45, 2.75) is 64.1 Å². The average Bonchev–Trinajstić information content (AvgIpc) is 2.72. The first kappa shape index (κ1) is 23.5. The number of ether oxygens (including phenoxy) is 1. The van der Waals surface area contributed by atoms with Crippen molar-refractivity contribution in [2.75, 3.05) is 26.0 Å². The predicted octanol–water partition coefficient (Wildman–Crippen LogP) is 2.01. The first-order valence-electron chi connectivity index (χ1n) is 10.9. The number of nitrogens with one attached hydrogen (secondary N) is 1. The smallest absolute Gasteiger partial charge is 0.260 e. The molecule has 3 rings (SSSR count). The maximum atomic E-state index is 12.6. The van der Waals surface area contributed by atoms with Gasteiger partial charge in [0.2, 0.25) is 10.0 Å². The number of amides is 2. The number of carbonyl (C=O) groups is 2. The predicted molar refractivity (Wildman–Crippen MR) is 118 cm³/mol. The second-order valence-corrected chi connectivity index (χ2v) is 10.7. The van der Waals surface area contributed by atoms with Crippen molar-refractivity contribution in [1.29, 1.82) is 0 Å². The second kappa shape index (κ2) is 9.99. The van der Waals surface area contributed by atoms with Crippen LogP contribution < -0.4 is 10.1 Å². The number of sulfonamides is 1. The molecule has 3 atom stereocenters. The van der Waals surface area contributed by atoms with Crippen LogP contribution >= 0.6 is 0 Å². The van der Waals surface area contributed by atoms with Crippen LogP contribution in [0.4, 0.5) is 0 Å². The minimum absolute atomic E-state index is 0.0192. The summed E-state index contributed by atoms with van der Waals surface area (Å²) in [6.45, 7) is 4.90. The Labute approximate surface area is 185 Å². The number of nitrogens with zero attached hydrogens (tertiary/aromatic N) is 2. The van der Waals surface area contributed by atoms with E-state index in [1.807, 2.05) is 4.90 Å². The molecule has 0 saturated carbocycles. The number of likely N-dealkylation sites (tertiary alicyclic amines) is 1. The van der Waals surface area contributed by atoms with Crippen molar-refractivity contribution in [3.63, 3.8) is 0 Å². The molecule has 2 saturated heterocycles. The fraction of sp³-hybridized carbons (Fsp3) is 0.636. The van der Waals surface area contributed by atoms with E-state index < -0.39 is 10.0 Å². The number of hydrogen-bond donors (Lipinski definition) is 1. The van der Waals surface area contributed by atoms with Gasteiger partial charge in [0.1, 0.15) is 5.75 Å². The van der Waals surface area contributed by atoms with Gasteiger partial charge < -0.3 is 15.0 Å². The van der Waals surface area contributed by atoms with Crippen LogP contribution in [0.2, 0.25) is 0 Å². The van der Waals surface area contributed by atoms with E-state index in [2.05, 4.69) is 19.2 Å². The van der Waals surface area contributed by atoms with E-state index in [0.717, 1.165) is 25.7 Å². The van der Waals surface area contributed by atoms with E-state index in [-0.39, 0.29) is 36.5 Å². The summed E-state index contributed by atoms with van der Waals surface area (Å²) in [6, 6.07) is 6.90. The Hall–Kier alpha value is -2.13. The molecule has 2 heterocycles. The summed E-state index contributed by atoms with van der Waals surface area (Å²) in [6.07, 6.45) is 5.82. The van der Waals surface area contributed by atoms with Gasteiger partial charge in [-0.15, -0.1) is 0 Å². The van der Waals surface area contributed by atoms with E-state index in [1.54, 1.807) is 24.3 Å². The molecular formula is C22H33N3O5S. The molecule has 0 aromatic heterocycles. The summed E-state index contributed by atoms with van der Waals surface area (Å²) < 4.78 is 30.5. The number of benzene rings is 1. The summed E-state index contributed by atoms with van der Waals surface area (Å²) in [4.78, 5) is 27.0. The molecule has 0 aliphatic carbocycles. The molecule has 1 aromatic rings. The van der Waals surface area contributed by atoms with Crippen LogP contribution in [0.25, 0.3) is 0 Å². The maximum absolute atomic E-state index is 12.6. The highest BCUT2D eigenvalue weighted by atomic mass is 32.2. The molecule has 2 amide bonds. The quantitative estimate of drug-likeness (QED) is 0.714. The monoisotopic (exact) mass is 451 g/mol. The first-order valence-corrected chi connectivity index (χ1v) is 12.8. The molecule has 2 aliphatic rings. The van der Waals surface area contributed by atoms with Gasteiger partial charge in [0.15, 0.2) is 6.61 Å². The molecule has 2 fully saturated rings. The van der Waals surface area contributed by atoms with Crippen molar-refractivity contribution in [2.24, 2.45) is 0 Å². The summed E-state index contributed by atoms with van der Waals surface area (Å²) in [5.74, 6) is 0.260. The van der Waals surface area contributed by atoms with Gasteiger partial charge in [-0.05, 0) is 70.2 Å². The van der Waals surface area contributed by atoms with E-state index in [4.69, 9.17) is 4.74 Å². The Bertz CT molecular complexity index is 877. The molecule has 0 spiro atoms. The van der Waals surface area contributed by atoms with Gasteiger partial charge in [0, 0.05) is 36.8 Å². The molecule has 31 heavy (non-hydrogen) atoms. The number of rotatable bonds is 6. The second-order valence-electron chi connectivity index (χ2n) is 8.68. The highest BCUT2D eigenvalue weighted by Crippen LogP contribution is 2.23. The largest absolute Gasteiger partial charge is 0.484 e. The standard InChI is InChI=1S/C22H33N3O5S/c1-16-6-4-7-17(2)25(16)21(26)15-30-20-11-9-18(10-12-20)22(27)23-19-8-5-13-24(14-19)31(3,28)29/h9-12,16-17,19H,4-8,13-15H2,1-3H3,(H,23,27). The third-order valence-corrected chi connectivity index (χ3v) is 7.42. The Balaban J connectivity index is 1.51. The van der Waals surface area contributed by atoms with Crippen molar-refractivity contribution < 1.29 is 22.7 Å². The number of carbonyl (C=O) groups excluding carboxylic acids is 2. The Morgan fingerprint density at radius 1 is 1.06 bits per heavy atom. The Morgan fingerprint density at radius 2 is 1.71 bits per heavy atom. The number of hydrogen-bond acceptors (Lipinski definition) is 5. The van der Waals surface area contributed by atoms with E-state index in [9.17, 15) is 18.0 Å². The zero-order valence-electron chi connectivity index (χ0n) is 18.5.